The van der Waals surface area contributed by atoms with Gasteiger partial charge < -0.3 is 22.8 Å². The summed E-state index contributed by atoms with van der Waals surface area (Å²) in [5, 5.41) is 13.5. The third-order valence-electron chi connectivity index (χ3n) is 2.58. The molecule has 3 aromatic rings. The van der Waals surface area contributed by atoms with Gasteiger partial charge in [-0.15, -0.1) is 11.3 Å². The molecule has 0 atom stereocenters. The minimum atomic E-state index is 0. The number of aromatic hydroxyl groups is 1. The number of hydrogen-bond acceptors (Lipinski definition) is 5. The molecule has 0 amide bonds. The molecule has 0 radical (unpaired) electrons. The second-order valence-electron chi connectivity index (χ2n) is 3.97. The molecular formula is C13H11ClN3OS-. The Morgan fingerprint density at radius 3 is 2.63 bits per heavy atom. The van der Waals surface area contributed by atoms with Gasteiger partial charge in [0.2, 0.25) is 0 Å². The summed E-state index contributed by atoms with van der Waals surface area (Å²) in [5.41, 5.74) is 0.886. The van der Waals surface area contributed by atoms with E-state index in [4.69, 9.17) is 0 Å². The molecule has 2 heterocycles. The van der Waals surface area contributed by atoms with E-state index in [0.717, 1.165) is 21.7 Å². The first-order valence-corrected chi connectivity index (χ1v) is 6.31. The number of halogens is 1. The number of aryl methyl sites for hydroxylation is 1. The van der Waals surface area contributed by atoms with E-state index in [2.05, 4.69) is 28.3 Å². The molecule has 0 aliphatic carbocycles. The van der Waals surface area contributed by atoms with E-state index in [1.807, 2.05) is 12.1 Å². The molecule has 0 fully saturated rings. The molecule has 0 aliphatic heterocycles. The standard InChI is InChI=1S/C13H11N3OS.ClH/c1-8-6-11-12(14-7-15-13(11)18-8)16-9-2-4-10(17)5-3-9;/h2-7,17H,1H3,(H,14,15,16);1H/p-1. The highest BCUT2D eigenvalue weighted by molar-refractivity contribution is 7.18. The van der Waals surface area contributed by atoms with Crippen LogP contribution in [-0.2, 0) is 0 Å². The third kappa shape index (κ3) is 2.77. The Morgan fingerprint density at radius 1 is 1.16 bits per heavy atom. The second kappa shape index (κ2) is 5.42. The number of phenolic OH excluding ortho intramolecular Hbond substituents is 1. The number of thiophene rings is 1. The predicted octanol–water partition coefficient (Wildman–Crippen LogP) is 0.453. The van der Waals surface area contributed by atoms with Crippen LogP contribution in [0.4, 0.5) is 11.5 Å². The average Bonchev–Trinajstić information content (AvgIpc) is 2.73. The average molecular weight is 293 g/mol. The van der Waals surface area contributed by atoms with E-state index in [9.17, 15) is 5.11 Å². The first kappa shape index (κ1) is 13.6. The Kier molecular flexibility index (Phi) is 3.87. The van der Waals surface area contributed by atoms with E-state index < -0.39 is 0 Å². The molecular weight excluding hydrogens is 282 g/mol. The first-order chi connectivity index (χ1) is 8.72. The summed E-state index contributed by atoms with van der Waals surface area (Å²) in [6, 6.07) is 8.97. The van der Waals surface area contributed by atoms with Gasteiger partial charge >= 0.3 is 0 Å². The van der Waals surface area contributed by atoms with Crippen LogP contribution in [0, 0.1) is 6.92 Å². The Balaban J connectivity index is 0.00000133. The van der Waals surface area contributed by atoms with Crippen LogP contribution in [0.15, 0.2) is 36.7 Å². The van der Waals surface area contributed by atoms with Gasteiger partial charge in [-0.3, -0.25) is 0 Å². The number of nitrogens with one attached hydrogen (secondary N) is 1. The molecule has 4 nitrogen and oxygen atoms in total. The Bertz CT molecular complexity index is 697. The minimum absolute atomic E-state index is 0. The molecule has 6 heteroatoms. The highest BCUT2D eigenvalue weighted by Gasteiger charge is 2.06. The largest absolute Gasteiger partial charge is 1.00 e. The van der Waals surface area contributed by atoms with Crippen molar-refractivity contribution in [1.82, 2.24) is 9.97 Å². The van der Waals surface area contributed by atoms with Crippen LogP contribution in [0.25, 0.3) is 10.2 Å². The van der Waals surface area contributed by atoms with Crippen LogP contribution in [-0.4, -0.2) is 15.1 Å². The number of fused-ring (bicyclic) bond motifs is 1. The van der Waals surface area contributed by atoms with Crippen molar-refractivity contribution < 1.29 is 17.5 Å². The predicted molar refractivity (Wildman–Crippen MR) is 73.5 cm³/mol. The molecule has 2 N–H and O–H groups in total. The molecule has 0 saturated heterocycles. The molecule has 0 aliphatic rings. The quantitative estimate of drug-likeness (QED) is 0.674. The Hall–Kier alpha value is -1.85. The van der Waals surface area contributed by atoms with Gasteiger partial charge in [-0.05, 0) is 37.3 Å². The number of hydrogen-bond donors (Lipinski definition) is 2. The number of nitrogens with zero attached hydrogens (tertiary/aromatic N) is 2. The van der Waals surface area contributed by atoms with Crippen molar-refractivity contribution in [2.45, 2.75) is 6.92 Å². The number of rotatable bonds is 2. The number of phenols is 1. The molecule has 0 unspecified atom stereocenters. The summed E-state index contributed by atoms with van der Waals surface area (Å²) in [6.07, 6.45) is 1.56. The maximum Gasteiger partial charge on any atom is 0.142 e. The molecule has 2 aromatic heterocycles. The molecule has 98 valence electrons. The normalized spacial score (nSPS) is 10.2. The van der Waals surface area contributed by atoms with E-state index >= 15 is 0 Å². The topological polar surface area (TPSA) is 58.0 Å². The number of benzene rings is 1. The fraction of sp³-hybridized carbons (Fsp3) is 0.0769. The van der Waals surface area contributed by atoms with Gasteiger partial charge in [-0.25, -0.2) is 9.97 Å². The lowest BCUT2D eigenvalue weighted by molar-refractivity contribution is -0.00000469. The third-order valence-corrected chi connectivity index (χ3v) is 3.54. The van der Waals surface area contributed by atoms with Gasteiger partial charge in [0.1, 0.15) is 22.7 Å². The zero-order chi connectivity index (χ0) is 12.5. The molecule has 3 rings (SSSR count). The van der Waals surface area contributed by atoms with Gasteiger partial charge in [-0.2, -0.15) is 0 Å². The van der Waals surface area contributed by atoms with Gasteiger partial charge in [0.25, 0.3) is 0 Å². The summed E-state index contributed by atoms with van der Waals surface area (Å²) in [7, 11) is 0. The van der Waals surface area contributed by atoms with Crippen molar-refractivity contribution in [1.29, 1.82) is 0 Å². The SMILES string of the molecule is Cc1cc2c(Nc3ccc(O)cc3)ncnc2s1.[Cl-]. The second-order valence-corrected chi connectivity index (χ2v) is 5.20. The van der Waals surface area contributed by atoms with Crippen LogP contribution >= 0.6 is 11.3 Å². The van der Waals surface area contributed by atoms with Gasteiger partial charge in [0, 0.05) is 10.6 Å². The lowest BCUT2D eigenvalue weighted by atomic mass is 10.3. The highest BCUT2D eigenvalue weighted by Crippen LogP contribution is 2.29. The molecule has 0 bridgehead atoms. The summed E-state index contributed by atoms with van der Waals surface area (Å²) < 4.78 is 0. The summed E-state index contributed by atoms with van der Waals surface area (Å²) in [5.74, 6) is 1.04. The summed E-state index contributed by atoms with van der Waals surface area (Å²) in [6.45, 7) is 2.05. The maximum absolute atomic E-state index is 9.25. The van der Waals surface area contributed by atoms with Crippen LogP contribution in [0.3, 0.4) is 0 Å². The van der Waals surface area contributed by atoms with Gasteiger partial charge in [0.05, 0.1) is 5.39 Å². The monoisotopic (exact) mass is 292 g/mol. The number of anilines is 2. The van der Waals surface area contributed by atoms with E-state index in [0.29, 0.717) is 0 Å². The van der Waals surface area contributed by atoms with Gasteiger partial charge in [-0.1, -0.05) is 0 Å². The molecule has 0 spiro atoms. The fourth-order valence-corrected chi connectivity index (χ4v) is 2.60. The lowest BCUT2D eigenvalue weighted by Crippen LogP contribution is -3.00. The van der Waals surface area contributed by atoms with E-state index in [1.54, 1.807) is 29.8 Å². The zero-order valence-corrected chi connectivity index (χ0v) is 11.7. The van der Waals surface area contributed by atoms with Crippen LogP contribution < -0.4 is 17.7 Å². The van der Waals surface area contributed by atoms with Crippen LogP contribution in [0.1, 0.15) is 4.88 Å². The fourth-order valence-electron chi connectivity index (χ4n) is 1.76. The highest BCUT2D eigenvalue weighted by atomic mass is 35.5. The Morgan fingerprint density at radius 2 is 1.89 bits per heavy atom. The van der Waals surface area contributed by atoms with Crippen molar-refractivity contribution in [3.63, 3.8) is 0 Å². The smallest absolute Gasteiger partial charge is 0.142 e. The van der Waals surface area contributed by atoms with Crippen LogP contribution in [0.5, 0.6) is 5.75 Å². The van der Waals surface area contributed by atoms with Gasteiger partial charge in [0.15, 0.2) is 0 Å². The zero-order valence-electron chi connectivity index (χ0n) is 10.1. The lowest BCUT2D eigenvalue weighted by Gasteiger charge is -2.06. The van der Waals surface area contributed by atoms with Crippen molar-refractivity contribution in [3.8, 4) is 5.75 Å². The summed E-state index contributed by atoms with van der Waals surface area (Å²) in [4.78, 5) is 10.7. The van der Waals surface area contributed by atoms with E-state index in [1.165, 1.54) is 4.88 Å². The van der Waals surface area contributed by atoms with Crippen molar-refractivity contribution in [2.75, 3.05) is 5.32 Å². The maximum atomic E-state index is 9.25. The number of aromatic nitrogens is 2. The first-order valence-electron chi connectivity index (χ1n) is 5.49. The van der Waals surface area contributed by atoms with Crippen LogP contribution in [0.2, 0.25) is 0 Å². The van der Waals surface area contributed by atoms with Crippen molar-refractivity contribution in [2.24, 2.45) is 0 Å². The summed E-state index contributed by atoms with van der Waals surface area (Å²) >= 11 is 1.65. The van der Waals surface area contributed by atoms with Crippen molar-refractivity contribution in [3.05, 3.63) is 41.5 Å². The van der Waals surface area contributed by atoms with Crippen molar-refractivity contribution >= 4 is 33.1 Å². The molecule has 1 aromatic carbocycles. The molecule has 19 heavy (non-hydrogen) atoms. The minimum Gasteiger partial charge on any atom is -1.00 e. The van der Waals surface area contributed by atoms with E-state index in [-0.39, 0.29) is 18.2 Å². The Labute approximate surface area is 120 Å². The molecule has 0 saturated carbocycles.